The van der Waals surface area contributed by atoms with E-state index < -0.39 is 11.4 Å². The first-order chi connectivity index (χ1) is 25.7. The lowest BCUT2D eigenvalue weighted by Gasteiger charge is -2.72. The van der Waals surface area contributed by atoms with Crippen molar-refractivity contribution in [1.29, 1.82) is 0 Å². The van der Waals surface area contributed by atoms with E-state index in [2.05, 4.69) is 65.3 Å². The van der Waals surface area contributed by atoms with Crippen LogP contribution >= 0.6 is 0 Å². The third kappa shape index (κ3) is 6.76. The second-order valence-electron chi connectivity index (χ2n) is 22.9. The number of carbonyl (C=O) groups is 3. The van der Waals surface area contributed by atoms with E-state index in [-0.39, 0.29) is 45.6 Å². The van der Waals surface area contributed by atoms with E-state index in [0.717, 1.165) is 63.7 Å². The van der Waals surface area contributed by atoms with E-state index in [1.165, 1.54) is 63.7 Å². The summed E-state index contributed by atoms with van der Waals surface area (Å²) >= 11 is 0. The van der Waals surface area contributed by atoms with Crippen LogP contribution in [0.2, 0.25) is 0 Å². The number of nitrogens with one attached hydrogen (secondary N) is 1. The summed E-state index contributed by atoms with van der Waals surface area (Å²) < 4.78 is 6.21. The molecule has 310 valence electrons. The fourth-order valence-electron chi connectivity index (χ4n) is 15.9. The second kappa shape index (κ2) is 14.4. The molecule has 7 heteroatoms. The van der Waals surface area contributed by atoms with Gasteiger partial charge in [-0.3, -0.25) is 14.4 Å². The quantitative estimate of drug-likeness (QED) is 0.179. The second-order valence-corrected chi connectivity index (χ2v) is 22.9. The molecule has 7 aliphatic rings. The zero-order chi connectivity index (χ0) is 39.9. The summed E-state index contributed by atoms with van der Waals surface area (Å²) in [4.78, 5) is 42.5. The number of carboxylic acid groups (broad SMARTS) is 1. The van der Waals surface area contributed by atoms with Crippen LogP contribution in [0.1, 0.15) is 165 Å². The highest BCUT2D eigenvalue weighted by Gasteiger charge is 2.72. The first-order valence-electron chi connectivity index (χ1n) is 22.8. The Hall–Kier alpha value is -1.89. The lowest BCUT2D eigenvalue weighted by atomic mass is 9.32. The largest absolute Gasteiger partial charge is 0.481 e. The summed E-state index contributed by atoms with van der Waals surface area (Å²) in [5.41, 5.74) is 0.114. The predicted octanol–water partition coefficient (Wildman–Crippen LogP) is 10.1. The van der Waals surface area contributed by atoms with E-state index in [4.69, 9.17) is 4.74 Å². The van der Waals surface area contributed by atoms with E-state index in [1.807, 2.05) is 0 Å². The molecule has 0 radical (unpaired) electrons. The third-order valence-corrected chi connectivity index (χ3v) is 19.0. The molecule has 1 amide bonds. The number of hydrogen-bond donors (Lipinski definition) is 2. The van der Waals surface area contributed by atoms with Gasteiger partial charge in [-0.2, -0.15) is 0 Å². The minimum absolute atomic E-state index is 0.109. The van der Waals surface area contributed by atoms with E-state index >= 15 is 0 Å². The van der Waals surface area contributed by atoms with Crippen molar-refractivity contribution in [2.24, 2.45) is 73.9 Å². The molecule has 0 aromatic carbocycles. The average molecular weight is 763 g/mol. The Bertz CT molecular complexity index is 1520. The number of esters is 1. The lowest BCUT2D eigenvalue weighted by molar-refractivity contribution is -0.249. The minimum atomic E-state index is -1.14. The molecule has 6 aliphatic carbocycles. The standard InChI is InChI=1S/C48H78N2O5/c1-30(2)34-17-22-48(41(52)49-33-14-13-32(26-33)29-50-25-11-12-31(3)28-50)24-23-46(9)35(40(34)48)15-16-37-45(8)20-19-38(55-39(51)27-43(4,5)42(53)54)44(6,7)36(45)18-21-47(37,46)10/h31-38,40H,1,11-29H2,2-10H3,(H,49,52)(H,53,54)/t31?,32-,33+,34-,35+,36-,37+,38-,40+,45-,46+,47+,48-/m0/s1. The van der Waals surface area contributed by atoms with Crippen LogP contribution in [0, 0.1) is 73.9 Å². The first kappa shape index (κ1) is 41.3. The van der Waals surface area contributed by atoms with Crippen LogP contribution in [0.25, 0.3) is 0 Å². The van der Waals surface area contributed by atoms with Crippen LogP contribution in [0.5, 0.6) is 0 Å². The van der Waals surface area contributed by atoms with Gasteiger partial charge in [0.15, 0.2) is 0 Å². The van der Waals surface area contributed by atoms with Gasteiger partial charge in [0, 0.05) is 24.5 Å². The number of amides is 1. The maximum atomic E-state index is 14.9. The maximum absolute atomic E-state index is 14.9. The molecule has 0 spiro atoms. The molecule has 7 nitrogen and oxygen atoms in total. The van der Waals surface area contributed by atoms with Gasteiger partial charge in [0.25, 0.3) is 0 Å². The van der Waals surface area contributed by atoms with E-state index in [1.54, 1.807) is 13.8 Å². The van der Waals surface area contributed by atoms with Gasteiger partial charge in [-0.25, -0.2) is 0 Å². The van der Waals surface area contributed by atoms with Gasteiger partial charge in [-0.15, -0.1) is 0 Å². The monoisotopic (exact) mass is 763 g/mol. The number of nitrogens with zero attached hydrogens (tertiary/aromatic N) is 1. The van der Waals surface area contributed by atoms with Gasteiger partial charge in [0.05, 0.1) is 17.3 Å². The van der Waals surface area contributed by atoms with Gasteiger partial charge < -0.3 is 20.1 Å². The molecular formula is C48H78N2O5. The van der Waals surface area contributed by atoms with Crippen LogP contribution < -0.4 is 5.32 Å². The Morgan fingerprint density at radius 1 is 0.873 bits per heavy atom. The van der Waals surface area contributed by atoms with Crippen LogP contribution in [0.3, 0.4) is 0 Å². The number of carboxylic acids is 1. The number of fused-ring (bicyclic) bond motifs is 7. The number of likely N-dealkylation sites (tertiary alicyclic amines) is 1. The normalized spacial score (nSPS) is 45.4. The third-order valence-electron chi connectivity index (χ3n) is 19.0. The van der Waals surface area contributed by atoms with Crippen LogP contribution in [0.4, 0.5) is 0 Å². The van der Waals surface area contributed by atoms with Crippen LogP contribution in [-0.4, -0.2) is 59.6 Å². The Morgan fingerprint density at radius 3 is 2.31 bits per heavy atom. The van der Waals surface area contributed by atoms with Crippen LogP contribution in [0.15, 0.2) is 12.2 Å². The summed E-state index contributed by atoms with van der Waals surface area (Å²) in [5, 5.41) is 13.4. The molecule has 7 rings (SSSR count). The fourth-order valence-corrected chi connectivity index (χ4v) is 15.9. The number of hydrogen-bond acceptors (Lipinski definition) is 5. The van der Waals surface area contributed by atoms with Crippen molar-refractivity contribution in [3.8, 4) is 0 Å². The fraction of sp³-hybridized carbons (Fsp3) is 0.896. The van der Waals surface area contributed by atoms with Crippen molar-refractivity contribution in [1.82, 2.24) is 10.2 Å². The number of aliphatic carboxylic acids is 1. The summed E-state index contributed by atoms with van der Waals surface area (Å²) in [6.45, 7) is 28.6. The average Bonchev–Trinajstić information content (AvgIpc) is 3.71. The molecule has 55 heavy (non-hydrogen) atoms. The number of carbonyl (C=O) groups excluding carboxylic acids is 2. The molecule has 13 atom stereocenters. The molecule has 1 aliphatic heterocycles. The molecule has 1 heterocycles. The van der Waals surface area contributed by atoms with Gasteiger partial charge in [-0.1, -0.05) is 53.7 Å². The molecule has 6 saturated carbocycles. The molecule has 0 aromatic rings. The Morgan fingerprint density at radius 2 is 1.62 bits per heavy atom. The Kier molecular flexibility index (Phi) is 10.8. The SMILES string of the molecule is C=C(C)[C@@H]1CC[C@]2(C(=O)N[C@@H]3CC[C@H](CN4CCCC(C)C4)C3)CC[C@]3(C)[C@H](CC[C@@H]4[C@@]5(C)CC[C@H](OC(=O)CC(C)(C)C(=O)O)C(C)(C)[C@@H]5CC[C@]43C)[C@@H]12. The topological polar surface area (TPSA) is 95.9 Å². The van der Waals surface area contributed by atoms with Gasteiger partial charge >= 0.3 is 11.9 Å². The highest BCUT2D eigenvalue weighted by Crippen LogP contribution is 2.77. The van der Waals surface area contributed by atoms with Crippen molar-refractivity contribution in [2.45, 2.75) is 177 Å². The highest BCUT2D eigenvalue weighted by atomic mass is 16.5. The van der Waals surface area contributed by atoms with Gasteiger partial charge in [-0.05, 0) is 181 Å². The van der Waals surface area contributed by atoms with E-state index in [0.29, 0.717) is 47.5 Å². The van der Waals surface area contributed by atoms with Crippen molar-refractivity contribution in [2.75, 3.05) is 19.6 Å². The summed E-state index contributed by atoms with van der Waals surface area (Å²) in [7, 11) is 0. The van der Waals surface area contributed by atoms with E-state index in [9.17, 15) is 19.5 Å². The molecule has 1 saturated heterocycles. The molecule has 0 aromatic heterocycles. The number of rotatable bonds is 9. The zero-order valence-electron chi connectivity index (χ0n) is 36.4. The number of ether oxygens (including phenoxy) is 1. The Balaban J connectivity index is 1.08. The van der Waals surface area contributed by atoms with Crippen molar-refractivity contribution in [3.63, 3.8) is 0 Å². The summed E-state index contributed by atoms with van der Waals surface area (Å²) in [6, 6.07) is 0.317. The number of piperidine rings is 1. The summed E-state index contributed by atoms with van der Waals surface area (Å²) in [6.07, 6.45) is 16.7. The molecule has 1 unspecified atom stereocenters. The van der Waals surface area contributed by atoms with Gasteiger partial charge in [0.2, 0.25) is 5.91 Å². The van der Waals surface area contributed by atoms with Crippen molar-refractivity contribution in [3.05, 3.63) is 12.2 Å². The van der Waals surface area contributed by atoms with Gasteiger partial charge in [0.1, 0.15) is 6.10 Å². The summed E-state index contributed by atoms with van der Waals surface area (Å²) in [5.74, 6) is 2.82. The molecule has 0 bridgehead atoms. The van der Waals surface area contributed by atoms with Crippen molar-refractivity contribution >= 4 is 17.8 Å². The van der Waals surface area contributed by atoms with Crippen molar-refractivity contribution < 1.29 is 24.2 Å². The molecule has 7 fully saturated rings. The molecule has 2 N–H and O–H groups in total. The Labute approximate surface area is 334 Å². The first-order valence-corrected chi connectivity index (χ1v) is 22.8. The smallest absolute Gasteiger partial charge is 0.309 e. The lowest BCUT2D eigenvalue weighted by Crippen LogP contribution is -2.67. The zero-order valence-corrected chi connectivity index (χ0v) is 36.4. The highest BCUT2D eigenvalue weighted by molar-refractivity contribution is 5.84. The number of allylic oxidation sites excluding steroid dienone is 1. The maximum Gasteiger partial charge on any atom is 0.309 e. The minimum Gasteiger partial charge on any atom is -0.481 e. The molecular weight excluding hydrogens is 685 g/mol. The van der Waals surface area contributed by atoms with Crippen LogP contribution in [-0.2, 0) is 19.1 Å². The predicted molar refractivity (Wildman–Crippen MR) is 219 cm³/mol.